The highest BCUT2D eigenvalue weighted by Crippen LogP contribution is 2.27. The summed E-state index contributed by atoms with van der Waals surface area (Å²) < 4.78 is 29.3. The van der Waals surface area contributed by atoms with Gasteiger partial charge in [0.05, 0.1) is 0 Å². The summed E-state index contributed by atoms with van der Waals surface area (Å²) in [6.07, 6.45) is 3.62. The highest BCUT2D eigenvalue weighted by atomic mass is 127. The quantitative estimate of drug-likeness (QED) is 0.439. The molecule has 20 heavy (non-hydrogen) atoms. The Morgan fingerprint density at radius 2 is 1.60 bits per heavy atom. The lowest BCUT2D eigenvalue weighted by Crippen LogP contribution is -1.97. The summed E-state index contributed by atoms with van der Waals surface area (Å²) in [7, 11) is 0. The van der Waals surface area contributed by atoms with Crippen LogP contribution in [0.15, 0.2) is 36.4 Å². The Balaban J connectivity index is 2.28. The highest BCUT2D eigenvalue weighted by molar-refractivity contribution is 14.1. The topological polar surface area (TPSA) is 0 Å². The molecule has 0 amide bonds. The van der Waals surface area contributed by atoms with Crippen LogP contribution in [0.4, 0.5) is 8.78 Å². The minimum atomic E-state index is -0.736. The number of rotatable bonds is 5. The fourth-order valence-corrected chi connectivity index (χ4v) is 2.56. The lowest BCUT2D eigenvalue weighted by atomic mass is 10.00. The van der Waals surface area contributed by atoms with Gasteiger partial charge in [0.2, 0.25) is 0 Å². The van der Waals surface area contributed by atoms with Gasteiger partial charge in [0.25, 0.3) is 0 Å². The molecule has 0 unspecified atom stereocenters. The molecule has 2 aromatic rings. The summed E-state index contributed by atoms with van der Waals surface area (Å²) in [5, 5.41) is 0. The van der Waals surface area contributed by atoms with Crippen molar-refractivity contribution in [3.8, 4) is 11.1 Å². The van der Waals surface area contributed by atoms with E-state index in [1.807, 2.05) is 24.3 Å². The molecule has 0 saturated carbocycles. The first-order valence-electron chi connectivity index (χ1n) is 6.86. The van der Waals surface area contributed by atoms with Crippen LogP contribution in [0.3, 0.4) is 0 Å². The maximum absolute atomic E-state index is 14.2. The molecule has 106 valence electrons. The standard InChI is InChI=1S/C17H17F2I/c1-2-3-4-5-13-8-11-15(17(19)16(13)18)12-6-9-14(20)10-7-12/h6-11H,2-5H2,1H3. The molecule has 0 aliphatic heterocycles. The van der Waals surface area contributed by atoms with E-state index in [-0.39, 0.29) is 0 Å². The molecule has 0 radical (unpaired) electrons. The zero-order valence-corrected chi connectivity index (χ0v) is 13.6. The summed E-state index contributed by atoms with van der Waals surface area (Å²) in [5.74, 6) is -1.43. The first-order valence-corrected chi connectivity index (χ1v) is 7.94. The van der Waals surface area contributed by atoms with Crippen molar-refractivity contribution >= 4 is 22.6 Å². The summed E-state index contributed by atoms with van der Waals surface area (Å²) in [6.45, 7) is 2.09. The second-order valence-corrected chi connectivity index (χ2v) is 6.11. The van der Waals surface area contributed by atoms with Crippen molar-refractivity contribution in [1.82, 2.24) is 0 Å². The second-order valence-electron chi connectivity index (χ2n) is 4.86. The fourth-order valence-electron chi connectivity index (χ4n) is 2.20. The van der Waals surface area contributed by atoms with Crippen LogP contribution >= 0.6 is 22.6 Å². The molecule has 0 aromatic heterocycles. The molecule has 0 aliphatic carbocycles. The SMILES string of the molecule is CCCCCc1ccc(-c2ccc(I)cc2)c(F)c1F. The molecule has 0 fully saturated rings. The molecule has 0 saturated heterocycles. The van der Waals surface area contributed by atoms with Gasteiger partial charge in [-0.25, -0.2) is 8.78 Å². The third-order valence-corrected chi connectivity index (χ3v) is 4.09. The Morgan fingerprint density at radius 1 is 0.900 bits per heavy atom. The Morgan fingerprint density at radius 3 is 2.25 bits per heavy atom. The van der Waals surface area contributed by atoms with E-state index in [1.54, 1.807) is 12.1 Å². The van der Waals surface area contributed by atoms with Gasteiger partial charge in [0.15, 0.2) is 11.6 Å². The molecule has 2 aromatic carbocycles. The molecule has 0 aliphatic rings. The predicted molar refractivity (Wildman–Crippen MR) is 87.7 cm³/mol. The van der Waals surface area contributed by atoms with Crippen LogP contribution < -0.4 is 0 Å². The third kappa shape index (κ3) is 3.57. The van der Waals surface area contributed by atoms with Crippen molar-refractivity contribution in [2.75, 3.05) is 0 Å². The normalized spacial score (nSPS) is 10.8. The van der Waals surface area contributed by atoms with Crippen molar-refractivity contribution < 1.29 is 8.78 Å². The van der Waals surface area contributed by atoms with Gasteiger partial charge in [-0.3, -0.25) is 0 Å². The molecule has 3 heteroatoms. The molecule has 0 N–H and O–H groups in total. The van der Waals surface area contributed by atoms with E-state index in [9.17, 15) is 8.78 Å². The second kappa shape index (κ2) is 7.16. The van der Waals surface area contributed by atoms with Gasteiger partial charge in [0, 0.05) is 9.13 Å². The fraction of sp³-hybridized carbons (Fsp3) is 0.294. The van der Waals surface area contributed by atoms with Crippen molar-refractivity contribution in [1.29, 1.82) is 0 Å². The van der Waals surface area contributed by atoms with Crippen LogP contribution in [0.25, 0.3) is 11.1 Å². The number of halogens is 3. The Kier molecular flexibility index (Phi) is 5.52. The van der Waals surface area contributed by atoms with E-state index in [0.29, 0.717) is 23.1 Å². The Labute approximate surface area is 132 Å². The van der Waals surface area contributed by atoms with Crippen LogP contribution in [0.5, 0.6) is 0 Å². The van der Waals surface area contributed by atoms with Gasteiger partial charge in [-0.2, -0.15) is 0 Å². The van der Waals surface area contributed by atoms with Gasteiger partial charge in [-0.15, -0.1) is 0 Å². The predicted octanol–water partition coefficient (Wildman–Crippen LogP) is 5.97. The molecule has 0 nitrogen and oxygen atoms in total. The minimum absolute atomic E-state index is 0.332. The number of benzene rings is 2. The molecular formula is C17H17F2I. The summed E-state index contributed by atoms with van der Waals surface area (Å²) >= 11 is 2.19. The maximum atomic E-state index is 14.2. The van der Waals surface area contributed by atoms with Gasteiger partial charge in [-0.05, 0) is 58.7 Å². The van der Waals surface area contributed by atoms with Crippen LogP contribution in [0.1, 0.15) is 31.7 Å². The molecule has 0 bridgehead atoms. The number of unbranched alkanes of at least 4 members (excludes halogenated alkanes) is 2. The molecule has 0 heterocycles. The van der Waals surface area contributed by atoms with E-state index < -0.39 is 11.6 Å². The smallest absolute Gasteiger partial charge is 0.166 e. The van der Waals surface area contributed by atoms with Crippen LogP contribution in [0.2, 0.25) is 0 Å². The molecule has 0 spiro atoms. The van der Waals surface area contributed by atoms with E-state index in [1.165, 1.54) is 0 Å². The molecule has 0 atom stereocenters. The molecule has 2 rings (SSSR count). The first-order chi connectivity index (χ1) is 9.63. The van der Waals surface area contributed by atoms with Crippen LogP contribution in [0, 0.1) is 15.2 Å². The highest BCUT2D eigenvalue weighted by Gasteiger charge is 2.14. The number of hydrogen-bond donors (Lipinski definition) is 0. The van der Waals surface area contributed by atoms with E-state index >= 15 is 0 Å². The largest absolute Gasteiger partial charge is 0.203 e. The first kappa shape index (κ1) is 15.4. The molecular weight excluding hydrogens is 369 g/mol. The zero-order chi connectivity index (χ0) is 14.5. The third-order valence-electron chi connectivity index (χ3n) is 3.37. The number of hydrogen-bond acceptors (Lipinski definition) is 0. The van der Waals surface area contributed by atoms with Crippen molar-refractivity contribution in [3.63, 3.8) is 0 Å². The van der Waals surface area contributed by atoms with E-state index in [4.69, 9.17) is 0 Å². The number of aryl methyl sites for hydroxylation is 1. The van der Waals surface area contributed by atoms with E-state index in [2.05, 4.69) is 29.5 Å². The summed E-state index contributed by atoms with van der Waals surface area (Å²) in [4.78, 5) is 0. The van der Waals surface area contributed by atoms with Gasteiger partial charge < -0.3 is 0 Å². The van der Waals surface area contributed by atoms with Gasteiger partial charge in [-0.1, -0.05) is 44.0 Å². The maximum Gasteiger partial charge on any atom is 0.166 e. The minimum Gasteiger partial charge on any atom is -0.203 e. The monoisotopic (exact) mass is 386 g/mol. The van der Waals surface area contributed by atoms with Crippen molar-refractivity contribution in [3.05, 3.63) is 57.2 Å². The average Bonchev–Trinajstić information content (AvgIpc) is 2.45. The van der Waals surface area contributed by atoms with Crippen molar-refractivity contribution in [2.45, 2.75) is 32.6 Å². The Bertz CT molecular complexity index is 576. The van der Waals surface area contributed by atoms with Gasteiger partial charge in [0.1, 0.15) is 0 Å². The summed E-state index contributed by atoms with van der Waals surface area (Å²) in [6, 6.07) is 10.8. The summed E-state index contributed by atoms with van der Waals surface area (Å²) in [5.41, 5.74) is 1.52. The average molecular weight is 386 g/mol. The van der Waals surface area contributed by atoms with Gasteiger partial charge >= 0.3 is 0 Å². The lowest BCUT2D eigenvalue weighted by molar-refractivity contribution is 0.498. The lowest BCUT2D eigenvalue weighted by Gasteiger charge is -2.09. The Hall–Kier alpha value is -0.970. The van der Waals surface area contributed by atoms with E-state index in [0.717, 1.165) is 22.8 Å². The van der Waals surface area contributed by atoms with Crippen molar-refractivity contribution in [2.24, 2.45) is 0 Å². The van der Waals surface area contributed by atoms with Crippen LogP contribution in [-0.4, -0.2) is 0 Å². The van der Waals surface area contributed by atoms with Crippen LogP contribution in [-0.2, 0) is 6.42 Å². The zero-order valence-electron chi connectivity index (χ0n) is 11.4.